The lowest BCUT2D eigenvalue weighted by Gasteiger charge is -2.34. The fraction of sp³-hybridized carbons (Fsp3) is 0.917. The molecule has 1 fully saturated rings. The van der Waals surface area contributed by atoms with Crippen LogP contribution in [-0.2, 0) is 10.2 Å². The van der Waals surface area contributed by atoms with Crippen molar-refractivity contribution in [2.45, 2.75) is 33.6 Å². The van der Waals surface area contributed by atoms with E-state index < -0.39 is 10.2 Å². The molecule has 1 heterocycles. The van der Waals surface area contributed by atoms with Crippen LogP contribution in [0.25, 0.3) is 0 Å². The molecule has 0 aromatic carbocycles. The summed E-state index contributed by atoms with van der Waals surface area (Å²) in [6.07, 6.45) is 1.96. The van der Waals surface area contributed by atoms with Gasteiger partial charge in [0.2, 0.25) is 0 Å². The summed E-state index contributed by atoms with van der Waals surface area (Å²) in [5, 5.41) is 11.6. The van der Waals surface area contributed by atoms with Crippen molar-refractivity contribution in [1.82, 2.24) is 8.61 Å². The minimum absolute atomic E-state index is 0.0469. The minimum Gasteiger partial charge on any atom is -0.409 e. The number of rotatable bonds is 6. The van der Waals surface area contributed by atoms with Gasteiger partial charge in [-0.05, 0) is 18.8 Å². The van der Waals surface area contributed by atoms with Gasteiger partial charge in [0, 0.05) is 32.1 Å². The fourth-order valence-corrected chi connectivity index (χ4v) is 4.27. The van der Waals surface area contributed by atoms with Crippen LogP contribution in [0.15, 0.2) is 5.16 Å². The molecule has 0 saturated carbocycles. The summed E-state index contributed by atoms with van der Waals surface area (Å²) in [6.45, 7) is 7.33. The van der Waals surface area contributed by atoms with Gasteiger partial charge in [0.1, 0.15) is 5.84 Å². The molecule has 0 aliphatic carbocycles. The fourth-order valence-electron chi connectivity index (χ4n) is 2.40. The number of oxime groups is 1. The molecule has 3 N–H and O–H groups in total. The second kappa shape index (κ2) is 7.24. The molecule has 1 rings (SSSR count). The van der Waals surface area contributed by atoms with Gasteiger partial charge in [-0.2, -0.15) is 17.0 Å². The van der Waals surface area contributed by atoms with E-state index in [-0.39, 0.29) is 18.3 Å². The molecule has 1 saturated heterocycles. The predicted molar refractivity (Wildman–Crippen MR) is 78.7 cm³/mol. The molecule has 1 aliphatic heterocycles. The maximum absolute atomic E-state index is 12.6. The van der Waals surface area contributed by atoms with Gasteiger partial charge in [-0.15, -0.1) is 0 Å². The van der Waals surface area contributed by atoms with Crippen molar-refractivity contribution in [3.05, 3.63) is 0 Å². The van der Waals surface area contributed by atoms with E-state index in [1.54, 1.807) is 18.2 Å². The van der Waals surface area contributed by atoms with Gasteiger partial charge in [-0.3, -0.25) is 0 Å². The molecule has 2 atom stereocenters. The Bertz CT molecular complexity index is 438. The summed E-state index contributed by atoms with van der Waals surface area (Å²) < 4.78 is 28.2. The lowest BCUT2D eigenvalue weighted by atomic mass is 10.0. The number of amidine groups is 1. The van der Waals surface area contributed by atoms with Gasteiger partial charge in [0.05, 0.1) is 0 Å². The third-order valence-electron chi connectivity index (χ3n) is 3.72. The number of nitrogens with two attached hydrogens (primary N) is 1. The first-order valence-corrected chi connectivity index (χ1v) is 8.45. The van der Waals surface area contributed by atoms with Gasteiger partial charge in [-0.1, -0.05) is 25.9 Å². The van der Waals surface area contributed by atoms with E-state index in [2.05, 4.69) is 12.1 Å². The lowest BCUT2D eigenvalue weighted by molar-refractivity contribution is 0.255. The Hall–Kier alpha value is -0.860. The van der Waals surface area contributed by atoms with Crippen molar-refractivity contribution < 1.29 is 13.6 Å². The van der Waals surface area contributed by atoms with Crippen LogP contribution in [-0.4, -0.2) is 54.3 Å². The topological polar surface area (TPSA) is 99.2 Å². The molecule has 0 aromatic heterocycles. The van der Waals surface area contributed by atoms with Crippen molar-refractivity contribution in [2.75, 3.05) is 26.2 Å². The Morgan fingerprint density at radius 2 is 2.25 bits per heavy atom. The van der Waals surface area contributed by atoms with Crippen molar-refractivity contribution in [2.24, 2.45) is 22.7 Å². The van der Waals surface area contributed by atoms with Crippen LogP contribution < -0.4 is 5.73 Å². The van der Waals surface area contributed by atoms with E-state index in [4.69, 9.17) is 10.9 Å². The van der Waals surface area contributed by atoms with Gasteiger partial charge in [-0.25, -0.2) is 0 Å². The van der Waals surface area contributed by atoms with Crippen molar-refractivity contribution in [3.63, 3.8) is 0 Å². The molecule has 8 heteroatoms. The standard InChI is InChI=1S/C12H26N4O3S/c1-4-15(9-11(3)12(13)14-17)20(18,19)16-7-5-6-10(2)8-16/h10-11,17H,4-9H2,1-3H3,(H2,13,14). The Morgan fingerprint density at radius 1 is 1.60 bits per heavy atom. The molecule has 0 spiro atoms. The zero-order chi connectivity index (χ0) is 15.3. The lowest BCUT2D eigenvalue weighted by Crippen LogP contribution is -2.49. The summed E-state index contributed by atoms with van der Waals surface area (Å²) in [4.78, 5) is 0. The van der Waals surface area contributed by atoms with Crippen molar-refractivity contribution in [1.29, 1.82) is 0 Å². The first-order valence-electron chi connectivity index (χ1n) is 7.05. The molecule has 0 amide bonds. The SMILES string of the molecule is CCN(CC(C)C(N)=NO)S(=O)(=O)N1CCCC(C)C1. The summed E-state index contributed by atoms with van der Waals surface area (Å²) in [6, 6.07) is 0. The average molecular weight is 306 g/mol. The number of piperidine rings is 1. The van der Waals surface area contributed by atoms with E-state index in [0.717, 1.165) is 12.8 Å². The first kappa shape index (κ1) is 17.2. The quantitative estimate of drug-likeness (QED) is 0.326. The molecule has 0 radical (unpaired) electrons. The predicted octanol–water partition coefficient (Wildman–Crippen LogP) is 0.668. The molecular formula is C12H26N4O3S. The molecule has 20 heavy (non-hydrogen) atoms. The highest BCUT2D eigenvalue weighted by Crippen LogP contribution is 2.21. The smallest absolute Gasteiger partial charge is 0.281 e. The Balaban J connectivity index is 2.81. The average Bonchev–Trinajstić information content (AvgIpc) is 2.43. The first-order chi connectivity index (χ1) is 9.32. The largest absolute Gasteiger partial charge is 0.409 e. The van der Waals surface area contributed by atoms with Crippen molar-refractivity contribution in [3.8, 4) is 0 Å². The third-order valence-corrected chi connectivity index (χ3v) is 5.77. The van der Waals surface area contributed by atoms with Crippen LogP contribution in [0.3, 0.4) is 0 Å². The van der Waals surface area contributed by atoms with E-state index in [9.17, 15) is 8.42 Å². The van der Waals surface area contributed by atoms with E-state index in [1.165, 1.54) is 4.31 Å². The summed E-state index contributed by atoms with van der Waals surface area (Å²) in [5.41, 5.74) is 5.53. The van der Waals surface area contributed by atoms with Crippen LogP contribution >= 0.6 is 0 Å². The number of hydrogen-bond acceptors (Lipinski definition) is 4. The molecule has 118 valence electrons. The third kappa shape index (κ3) is 4.07. The van der Waals surface area contributed by atoms with Crippen LogP contribution in [0.2, 0.25) is 0 Å². The summed E-state index contributed by atoms with van der Waals surface area (Å²) in [5.74, 6) is 0.112. The van der Waals surface area contributed by atoms with Gasteiger partial charge < -0.3 is 10.9 Å². The van der Waals surface area contributed by atoms with E-state index >= 15 is 0 Å². The number of nitrogens with zero attached hydrogens (tertiary/aromatic N) is 3. The van der Waals surface area contributed by atoms with Gasteiger partial charge >= 0.3 is 0 Å². The maximum atomic E-state index is 12.6. The highest BCUT2D eigenvalue weighted by molar-refractivity contribution is 7.86. The van der Waals surface area contributed by atoms with E-state index in [1.807, 2.05) is 0 Å². The Kier molecular flexibility index (Phi) is 6.22. The molecular weight excluding hydrogens is 280 g/mol. The summed E-state index contributed by atoms with van der Waals surface area (Å²) in [7, 11) is -3.47. The highest BCUT2D eigenvalue weighted by atomic mass is 32.2. The number of hydrogen-bond donors (Lipinski definition) is 2. The molecule has 0 bridgehead atoms. The van der Waals surface area contributed by atoms with Crippen LogP contribution in [0.5, 0.6) is 0 Å². The van der Waals surface area contributed by atoms with Gasteiger partial charge in [0.25, 0.3) is 10.2 Å². The Morgan fingerprint density at radius 3 is 2.75 bits per heavy atom. The molecule has 2 unspecified atom stereocenters. The normalized spacial score (nSPS) is 24.0. The molecule has 7 nitrogen and oxygen atoms in total. The maximum Gasteiger partial charge on any atom is 0.281 e. The van der Waals surface area contributed by atoms with Crippen LogP contribution in [0.1, 0.15) is 33.6 Å². The van der Waals surface area contributed by atoms with Crippen LogP contribution in [0.4, 0.5) is 0 Å². The monoisotopic (exact) mass is 306 g/mol. The highest BCUT2D eigenvalue weighted by Gasteiger charge is 2.32. The molecule has 1 aliphatic rings. The summed E-state index contributed by atoms with van der Waals surface area (Å²) >= 11 is 0. The van der Waals surface area contributed by atoms with E-state index in [0.29, 0.717) is 25.6 Å². The Labute approximate surface area is 121 Å². The minimum atomic E-state index is -3.47. The van der Waals surface area contributed by atoms with Gasteiger partial charge in [0.15, 0.2) is 0 Å². The second-order valence-corrected chi connectivity index (χ2v) is 7.42. The van der Waals surface area contributed by atoms with Crippen molar-refractivity contribution >= 4 is 16.0 Å². The zero-order valence-electron chi connectivity index (χ0n) is 12.5. The molecule has 0 aromatic rings. The second-order valence-electron chi connectivity index (χ2n) is 5.49. The van der Waals surface area contributed by atoms with Crippen LogP contribution in [0, 0.1) is 11.8 Å². The zero-order valence-corrected chi connectivity index (χ0v) is 13.3.